The molecule has 3 heterocycles. The lowest BCUT2D eigenvalue weighted by Crippen LogP contribution is -2.56. The van der Waals surface area contributed by atoms with Gasteiger partial charge in [0.25, 0.3) is 6.10 Å². The van der Waals surface area contributed by atoms with Gasteiger partial charge < -0.3 is 9.47 Å². The summed E-state index contributed by atoms with van der Waals surface area (Å²) in [5, 5.41) is -10.1. The molecule has 0 radical (unpaired) electrons. The van der Waals surface area contributed by atoms with Crippen LogP contribution in [0.5, 0.6) is 0 Å². The van der Waals surface area contributed by atoms with E-state index in [1.807, 2.05) is 48.5 Å². The van der Waals surface area contributed by atoms with Gasteiger partial charge in [-0.15, -0.1) is 11.8 Å². The molecule has 0 aromatic heterocycles. The molecule has 2 aromatic carbocycles. The topological polar surface area (TPSA) is 153 Å². The Labute approximate surface area is 256 Å². The maximum atomic E-state index is 14.2. The molecule has 0 saturated carbocycles. The van der Waals surface area contributed by atoms with Gasteiger partial charge in [-0.1, -0.05) is 48.5 Å². The number of carbonyl (C=O) groups excluding carboxylic acids is 2. The van der Waals surface area contributed by atoms with Gasteiger partial charge in [0.15, 0.2) is 0 Å². The van der Waals surface area contributed by atoms with Crippen molar-refractivity contribution in [3.8, 4) is 0 Å². The predicted octanol–water partition coefficient (Wildman–Crippen LogP) is 2.93. The largest absolute Gasteiger partial charge is 0.459 e. The van der Waals surface area contributed by atoms with Crippen LogP contribution in [-0.4, -0.2) is 78.8 Å². The molecule has 18 heteroatoms. The van der Waals surface area contributed by atoms with Gasteiger partial charge in [-0.2, -0.15) is 30.4 Å². The Morgan fingerprint density at radius 1 is 0.933 bits per heavy atom. The summed E-state index contributed by atoms with van der Waals surface area (Å²) < 4.78 is 138. The third kappa shape index (κ3) is 4.46. The van der Waals surface area contributed by atoms with Gasteiger partial charge in [0.05, 0.1) is 23.1 Å². The highest BCUT2D eigenvalue weighted by Crippen LogP contribution is 2.59. The molecule has 0 amide bonds. The Hall–Kier alpha value is -2.80. The van der Waals surface area contributed by atoms with Crippen LogP contribution in [0.4, 0.5) is 22.0 Å². The van der Waals surface area contributed by atoms with Crippen molar-refractivity contribution in [3.05, 3.63) is 70.8 Å². The molecule has 3 fully saturated rings. The SMILES string of the molecule is O=C(OC1C2NS(=O)(=O)C3C2SC1C3C(=O)OC(C(F)(F)F)C(F)(F)S(=O)(=O)O)C1CC2c3ccccc3C1c1ccccc12. The van der Waals surface area contributed by atoms with Gasteiger partial charge in [-0.05, 0) is 28.7 Å². The van der Waals surface area contributed by atoms with E-state index in [4.69, 9.17) is 9.29 Å². The Balaban J connectivity index is 1.18. The van der Waals surface area contributed by atoms with Crippen LogP contribution in [-0.2, 0) is 39.2 Å². The van der Waals surface area contributed by atoms with Gasteiger partial charge >= 0.3 is 33.5 Å². The normalized spacial score (nSPS) is 34.6. The second-order valence-corrected chi connectivity index (χ2v) is 16.4. The van der Waals surface area contributed by atoms with Crippen LogP contribution in [0.25, 0.3) is 0 Å². The number of thioether (sulfide) groups is 1. The highest BCUT2D eigenvalue weighted by Gasteiger charge is 2.73. The minimum absolute atomic E-state index is 0.143. The van der Waals surface area contributed by atoms with Crippen molar-refractivity contribution in [3.63, 3.8) is 0 Å². The lowest BCUT2D eigenvalue weighted by molar-refractivity contribution is -0.261. The Morgan fingerprint density at radius 2 is 1.49 bits per heavy atom. The fourth-order valence-electron chi connectivity index (χ4n) is 7.62. The number of hydrogen-bond donors (Lipinski definition) is 2. The van der Waals surface area contributed by atoms with Crippen LogP contribution in [0, 0.1) is 11.8 Å². The average molecular weight is 696 g/mol. The maximum Gasteiger partial charge on any atom is 0.432 e. The number of rotatable bonds is 6. The lowest BCUT2D eigenvalue weighted by Gasteiger charge is -2.45. The molecule has 10 nitrogen and oxygen atoms in total. The zero-order valence-corrected chi connectivity index (χ0v) is 24.9. The molecule has 242 valence electrons. The van der Waals surface area contributed by atoms with E-state index < -0.39 is 95.3 Å². The molecule has 2 N–H and O–H groups in total. The molecule has 8 unspecified atom stereocenters. The first-order valence-corrected chi connectivity index (χ1v) is 17.5. The number of sulfonamides is 1. The van der Waals surface area contributed by atoms with Crippen LogP contribution in [0.15, 0.2) is 48.5 Å². The smallest absolute Gasteiger partial charge is 0.432 e. The molecule has 3 saturated heterocycles. The minimum Gasteiger partial charge on any atom is -0.459 e. The van der Waals surface area contributed by atoms with Gasteiger partial charge in [0.1, 0.15) is 11.4 Å². The van der Waals surface area contributed by atoms with Gasteiger partial charge in [0.2, 0.25) is 10.0 Å². The summed E-state index contributed by atoms with van der Waals surface area (Å²) in [4.78, 5) is 26.9. The first-order valence-electron chi connectivity index (χ1n) is 13.6. The van der Waals surface area contributed by atoms with E-state index in [9.17, 15) is 48.4 Å². The summed E-state index contributed by atoms with van der Waals surface area (Å²) in [6.45, 7) is 0. The number of nitrogens with one attached hydrogen (secondary N) is 1. The Morgan fingerprint density at radius 3 is 2.02 bits per heavy atom. The first kappa shape index (κ1) is 30.8. The van der Waals surface area contributed by atoms with Crippen LogP contribution in [0.3, 0.4) is 0 Å². The Bertz CT molecular complexity index is 1790. The van der Waals surface area contributed by atoms with Crippen molar-refractivity contribution >= 4 is 43.8 Å². The standard InChI is InChI=1S/C27H22F5NO9S3/c28-26(29,30)25(27(31,32)45(38,39)40)42-24(35)17-20-19(18-21(43-20)22(17)44(36,37)33-18)41-23(34)15-9-14-10-5-1-3-7-12(10)16(15)13-8-4-2-6-11(13)14/h1-8,14-22,25,33H,9H2,(H,38,39,40). The van der Waals surface area contributed by atoms with E-state index in [-0.39, 0.29) is 5.92 Å². The first-order chi connectivity index (χ1) is 20.9. The van der Waals surface area contributed by atoms with E-state index in [1.54, 1.807) is 0 Å². The number of esters is 2. The molecule has 2 aromatic rings. The van der Waals surface area contributed by atoms with E-state index in [0.717, 1.165) is 34.0 Å². The van der Waals surface area contributed by atoms with Gasteiger partial charge in [-0.3, -0.25) is 14.1 Å². The van der Waals surface area contributed by atoms with Crippen molar-refractivity contribution in [2.24, 2.45) is 11.8 Å². The quantitative estimate of drug-likeness (QED) is 0.262. The summed E-state index contributed by atoms with van der Waals surface area (Å²) in [6.07, 6.45) is -11.8. The number of benzene rings is 2. The van der Waals surface area contributed by atoms with Crippen LogP contribution in [0.2, 0.25) is 0 Å². The number of halogens is 5. The number of carbonyl (C=O) groups is 2. The zero-order valence-electron chi connectivity index (χ0n) is 22.4. The number of ether oxygens (including phenoxy) is 2. The fourth-order valence-corrected chi connectivity index (χ4v) is 12.8. The van der Waals surface area contributed by atoms with Crippen molar-refractivity contribution in [2.75, 3.05) is 0 Å². The molecule has 8 atom stereocenters. The Kier molecular flexibility index (Phi) is 6.75. The van der Waals surface area contributed by atoms with Gasteiger partial charge in [-0.25, -0.2) is 13.1 Å². The van der Waals surface area contributed by atoms with E-state index in [0.29, 0.717) is 6.42 Å². The molecule has 45 heavy (non-hydrogen) atoms. The monoisotopic (exact) mass is 695 g/mol. The third-order valence-electron chi connectivity index (χ3n) is 9.35. The van der Waals surface area contributed by atoms with Crippen molar-refractivity contribution in [1.29, 1.82) is 0 Å². The molecular weight excluding hydrogens is 673 g/mol. The highest BCUT2D eigenvalue weighted by molar-refractivity contribution is 8.03. The fraction of sp³-hybridized carbons (Fsp3) is 0.481. The van der Waals surface area contributed by atoms with E-state index in [2.05, 4.69) is 9.46 Å². The van der Waals surface area contributed by atoms with Crippen LogP contribution >= 0.6 is 11.8 Å². The average Bonchev–Trinajstić information content (AvgIpc) is 3.57. The number of alkyl halides is 5. The molecule has 8 rings (SSSR count). The van der Waals surface area contributed by atoms with E-state index in [1.165, 1.54) is 0 Å². The lowest BCUT2D eigenvalue weighted by atomic mass is 9.59. The molecule has 0 spiro atoms. The van der Waals surface area contributed by atoms with Crippen LogP contribution < -0.4 is 4.72 Å². The van der Waals surface area contributed by atoms with Crippen LogP contribution in [0.1, 0.15) is 40.5 Å². The summed E-state index contributed by atoms with van der Waals surface area (Å²) in [5.41, 5.74) is 3.93. The second kappa shape index (κ2) is 9.85. The third-order valence-corrected chi connectivity index (χ3v) is 14.1. The number of fused-ring (bicyclic) bond motifs is 2. The molecular formula is C27H22F5NO9S3. The van der Waals surface area contributed by atoms with Crippen molar-refractivity contribution in [1.82, 2.24) is 4.72 Å². The maximum absolute atomic E-state index is 14.2. The molecule has 3 aliphatic heterocycles. The summed E-state index contributed by atoms with van der Waals surface area (Å²) in [6, 6.07) is 14.1. The second-order valence-electron chi connectivity index (χ2n) is 11.7. The van der Waals surface area contributed by atoms with Gasteiger partial charge in [0, 0.05) is 17.1 Å². The zero-order chi connectivity index (χ0) is 32.4. The predicted molar refractivity (Wildman–Crippen MR) is 145 cm³/mol. The summed E-state index contributed by atoms with van der Waals surface area (Å²) in [7, 11) is -11.2. The molecule has 4 bridgehead atoms. The van der Waals surface area contributed by atoms with E-state index >= 15 is 0 Å². The number of hydrogen-bond acceptors (Lipinski definition) is 9. The molecule has 3 aliphatic carbocycles. The minimum atomic E-state index is -6.72. The summed E-state index contributed by atoms with van der Waals surface area (Å²) >= 11 is 0.830. The van der Waals surface area contributed by atoms with Crippen molar-refractivity contribution in [2.45, 2.75) is 63.7 Å². The summed E-state index contributed by atoms with van der Waals surface area (Å²) in [5.74, 6) is -6.13. The van der Waals surface area contributed by atoms with Crippen molar-refractivity contribution < 1.29 is 62.4 Å². The molecule has 6 aliphatic rings. The highest BCUT2D eigenvalue weighted by atomic mass is 32.2.